The van der Waals surface area contributed by atoms with Crippen LogP contribution in [-0.2, 0) is 6.54 Å². The summed E-state index contributed by atoms with van der Waals surface area (Å²) in [6, 6.07) is 8.06. The first-order chi connectivity index (χ1) is 8.75. The third kappa shape index (κ3) is 4.00. The van der Waals surface area contributed by atoms with Crippen LogP contribution in [0.25, 0.3) is 0 Å². The van der Waals surface area contributed by atoms with Gasteiger partial charge in [-0.3, -0.25) is 4.90 Å². The average molecular weight is 248 g/mol. The Labute approximate surface area is 110 Å². The molecule has 0 aromatic heterocycles. The minimum absolute atomic E-state index is 0.346. The maximum absolute atomic E-state index is 9.39. The summed E-state index contributed by atoms with van der Waals surface area (Å²) in [6.45, 7) is 6.62. The molecule has 2 rings (SSSR count). The van der Waals surface area contributed by atoms with E-state index >= 15 is 0 Å². The predicted molar refractivity (Wildman–Crippen MR) is 74.7 cm³/mol. The Bertz CT molecular complexity index is 361. The largest absolute Gasteiger partial charge is 0.508 e. The summed E-state index contributed by atoms with van der Waals surface area (Å²) in [5.41, 5.74) is 1.14. The fourth-order valence-corrected chi connectivity index (χ4v) is 2.58. The van der Waals surface area contributed by atoms with E-state index in [0.29, 0.717) is 11.8 Å². The summed E-state index contributed by atoms with van der Waals surface area (Å²) >= 11 is 0. The molecular formula is C15H24N2O. The molecule has 3 heteroatoms. The smallest absolute Gasteiger partial charge is 0.115 e. The van der Waals surface area contributed by atoms with Gasteiger partial charge in [-0.25, -0.2) is 0 Å². The van der Waals surface area contributed by atoms with Gasteiger partial charge < -0.3 is 10.4 Å². The van der Waals surface area contributed by atoms with E-state index in [1.807, 2.05) is 18.2 Å². The molecule has 1 aliphatic rings. The van der Waals surface area contributed by atoms with Crippen LogP contribution in [0.3, 0.4) is 0 Å². The number of nitrogens with zero attached hydrogens (tertiary/aromatic N) is 1. The van der Waals surface area contributed by atoms with E-state index in [0.717, 1.165) is 18.7 Å². The van der Waals surface area contributed by atoms with Crippen LogP contribution in [0.1, 0.15) is 31.7 Å². The van der Waals surface area contributed by atoms with Gasteiger partial charge in [0.1, 0.15) is 5.75 Å². The van der Waals surface area contributed by atoms with Gasteiger partial charge in [0, 0.05) is 19.1 Å². The first kappa shape index (κ1) is 13.4. The van der Waals surface area contributed by atoms with Crippen molar-refractivity contribution in [2.45, 2.75) is 38.8 Å². The van der Waals surface area contributed by atoms with Crippen molar-refractivity contribution >= 4 is 0 Å². The third-order valence-electron chi connectivity index (χ3n) is 3.69. The Morgan fingerprint density at radius 1 is 1.28 bits per heavy atom. The molecule has 1 unspecified atom stereocenters. The van der Waals surface area contributed by atoms with Crippen LogP contribution < -0.4 is 5.32 Å². The number of piperidine rings is 1. The normalized spacial score (nSPS) is 18.7. The number of aromatic hydroxyl groups is 1. The standard InChI is InChI=1S/C15H24N2O/c1-13(17-8-3-2-4-9-17)11-16-12-14-6-5-7-15(18)10-14/h5-7,10,13,16,18H,2-4,8-9,11-12H2,1H3. The Hall–Kier alpha value is -1.06. The van der Waals surface area contributed by atoms with Gasteiger partial charge in [0.25, 0.3) is 0 Å². The molecule has 0 aliphatic carbocycles. The predicted octanol–water partition coefficient (Wildman–Crippen LogP) is 2.36. The molecule has 1 saturated heterocycles. The van der Waals surface area contributed by atoms with E-state index in [1.54, 1.807) is 6.07 Å². The second-order valence-electron chi connectivity index (χ2n) is 5.25. The number of nitrogens with one attached hydrogen (secondary N) is 1. The Kier molecular flexibility index (Phi) is 5.02. The minimum atomic E-state index is 0.346. The Balaban J connectivity index is 1.71. The first-order valence-electron chi connectivity index (χ1n) is 6.98. The van der Waals surface area contributed by atoms with E-state index < -0.39 is 0 Å². The number of hydrogen-bond acceptors (Lipinski definition) is 3. The van der Waals surface area contributed by atoms with Gasteiger partial charge in [0.05, 0.1) is 0 Å². The zero-order valence-electron chi connectivity index (χ0n) is 11.2. The van der Waals surface area contributed by atoms with Crippen LogP contribution in [0, 0.1) is 0 Å². The van der Waals surface area contributed by atoms with E-state index in [4.69, 9.17) is 0 Å². The number of phenolic OH excluding ortho intramolecular Hbond substituents is 1. The van der Waals surface area contributed by atoms with Gasteiger partial charge in [-0.15, -0.1) is 0 Å². The highest BCUT2D eigenvalue weighted by atomic mass is 16.3. The molecule has 0 saturated carbocycles. The molecule has 18 heavy (non-hydrogen) atoms. The van der Waals surface area contributed by atoms with Crippen LogP contribution >= 0.6 is 0 Å². The van der Waals surface area contributed by atoms with Crippen LogP contribution in [0.15, 0.2) is 24.3 Å². The van der Waals surface area contributed by atoms with Gasteiger partial charge >= 0.3 is 0 Å². The zero-order valence-corrected chi connectivity index (χ0v) is 11.2. The van der Waals surface area contributed by atoms with Crippen molar-refractivity contribution in [1.29, 1.82) is 0 Å². The van der Waals surface area contributed by atoms with Crippen molar-refractivity contribution < 1.29 is 5.11 Å². The van der Waals surface area contributed by atoms with Crippen molar-refractivity contribution in [3.05, 3.63) is 29.8 Å². The molecule has 1 aromatic rings. The Morgan fingerprint density at radius 2 is 2.06 bits per heavy atom. The first-order valence-corrected chi connectivity index (χ1v) is 6.98. The molecule has 0 amide bonds. The molecule has 1 aromatic carbocycles. The molecule has 3 nitrogen and oxygen atoms in total. The lowest BCUT2D eigenvalue weighted by Crippen LogP contribution is -2.42. The van der Waals surface area contributed by atoms with Gasteiger partial charge in [-0.2, -0.15) is 0 Å². The lowest BCUT2D eigenvalue weighted by atomic mass is 10.1. The topological polar surface area (TPSA) is 35.5 Å². The summed E-state index contributed by atoms with van der Waals surface area (Å²) in [5, 5.41) is 12.9. The summed E-state index contributed by atoms with van der Waals surface area (Å²) in [4.78, 5) is 2.57. The highest BCUT2D eigenvalue weighted by Crippen LogP contribution is 2.12. The van der Waals surface area contributed by atoms with E-state index in [9.17, 15) is 5.11 Å². The molecule has 1 aliphatic heterocycles. The number of benzene rings is 1. The minimum Gasteiger partial charge on any atom is -0.508 e. The van der Waals surface area contributed by atoms with Crippen molar-refractivity contribution in [2.75, 3.05) is 19.6 Å². The average Bonchev–Trinajstić information content (AvgIpc) is 2.40. The Morgan fingerprint density at radius 3 is 2.78 bits per heavy atom. The fourth-order valence-electron chi connectivity index (χ4n) is 2.58. The van der Waals surface area contributed by atoms with Crippen molar-refractivity contribution in [3.63, 3.8) is 0 Å². The number of likely N-dealkylation sites (tertiary alicyclic amines) is 1. The van der Waals surface area contributed by atoms with E-state index in [-0.39, 0.29) is 0 Å². The van der Waals surface area contributed by atoms with Gasteiger partial charge in [-0.05, 0) is 50.6 Å². The molecule has 2 N–H and O–H groups in total. The summed E-state index contributed by atoms with van der Waals surface area (Å²) in [7, 11) is 0. The second kappa shape index (κ2) is 6.76. The quantitative estimate of drug-likeness (QED) is 0.839. The maximum atomic E-state index is 9.39. The number of hydrogen-bond donors (Lipinski definition) is 2. The third-order valence-corrected chi connectivity index (χ3v) is 3.69. The van der Waals surface area contributed by atoms with Crippen LogP contribution in [-0.4, -0.2) is 35.7 Å². The highest BCUT2D eigenvalue weighted by Gasteiger charge is 2.15. The van der Waals surface area contributed by atoms with E-state index in [2.05, 4.69) is 17.1 Å². The van der Waals surface area contributed by atoms with Crippen LogP contribution in [0.4, 0.5) is 0 Å². The molecule has 1 fully saturated rings. The van der Waals surface area contributed by atoms with Crippen LogP contribution in [0.5, 0.6) is 5.75 Å². The molecule has 1 atom stereocenters. The highest BCUT2D eigenvalue weighted by molar-refractivity contribution is 5.26. The van der Waals surface area contributed by atoms with Crippen molar-refractivity contribution in [3.8, 4) is 5.75 Å². The molecule has 100 valence electrons. The van der Waals surface area contributed by atoms with Crippen molar-refractivity contribution in [2.24, 2.45) is 0 Å². The fraction of sp³-hybridized carbons (Fsp3) is 0.600. The van der Waals surface area contributed by atoms with Crippen LogP contribution in [0.2, 0.25) is 0 Å². The summed E-state index contributed by atoms with van der Waals surface area (Å²) in [5.74, 6) is 0.346. The maximum Gasteiger partial charge on any atom is 0.115 e. The van der Waals surface area contributed by atoms with Gasteiger partial charge in [0.15, 0.2) is 0 Å². The monoisotopic (exact) mass is 248 g/mol. The molecule has 0 spiro atoms. The summed E-state index contributed by atoms with van der Waals surface area (Å²) in [6.07, 6.45) is 4.08. The number of phenols is 1. The van der Waals surface area contributed by atoms with Gasteiger partial charge in [0.2, 0.25) is 0 Å². The lowest BCUT2D eigenvalue weighted by Gasteiger charge is -2.32. The molecular weight excluding hydrogens is 224 g/mol. The molecule has 0 radical (unpaired) electrons. The SMILES string of the molecule is CC(CNCc1cccc(O)c1)N1CCCCC1. The summed E-state index contributed by atoms with van der Waals surface area (Å²) < 4.78 is 0. The zero-order chi connectivity index (χ0) is 12.8. The number of rotatable bonds is 5. The lowest BCUT2D eigenvalue weighted by molar-refractivity contribution is 0.170. The second-order valence-corrected chi connectivity index (χ2v) is 5.25. The molecule has 1 heterocycles. The van der Waals surface area contributed by atoms with E-state index in [1.165, 1.54) is 32.4 Å². The van der Waals surface area contributed by atoms with Gasteiger partial charge in [-0.1, -0.05) is 18.6 Å². The van der Waals surface area contributed by atoms with Crippen molar-refractivity contribution in [1.82, 2.24) is 10.2 Å². The molecule has 0 bridgehead atoms.